The lowest BCUT2D eigenvalue weighted by Crippen LogP contribution is -2.43. The van der Waals surface area contributed by atoms with Crippen LogP contribution < -0.4 is 10.6 Å². The van der Waals surface area contributed by atoms with E-state index in [2.05, 4.69) is 15.6 Å². The summed E-state index contributed by atoms with van der Waals surface area (Å²) in [5, 5.41) is 8.07. The van der Waals surface area contributed by atoms with Crippen molar-refractivity contribution in [1.29, 1.82) is 0 Å². The minimum absolute atomic E-state index is 0.105. The van der Waals surface area contributed by atoms with Crippen LogP contribution in [0.2, 0.25) is 0 Å². The molecule has 3 heterocycles. The van der Waals surface area contributed by atoms with Gasteiger partial charge >= 0.3 is 0 Å². The SMILES string of the molecule is O=C(NC[C@H]1OC[C@@H]2CCNC[C@@H]21)c1cscn1. The Morgan fingerprint density at radius 2 is 2.61 bits per heavy atom. The van der Waals surface area contributed by atoms with E-state index in [0.29, 0.717) is 24.1 Å². The Hall–Kier alpha value is -0.980. The smallest absolute Gasteiger partial charge is 0.270 e. The molecule has 2 aliphatic heterocycles. The molecule has 0 radical (unpaired) electrons. The van der Waals surface area contributed by atoms with Crippen LogP contribution in [0.15, 0.2) is 10.9 Å². The lowest BCUT2D eigenvalue weighted by molar-refractivity contribution is 0.0774. The molecule has 3 rings (SSSR count). The van der Waals surface area contributed by atoms with E-state index in [1.807, 2.05) is 0 Å². The molecule has 5 nitrogen and oxygen atoms in total. The van der Waals surface area contributed by atoms with Gasteiger partial charge < -0.3 is 15.4 Å². The van der Waals surface area contributed by atoms with Crippen molar-refractivity contribution in [3.63, 3.8) is 0 Å². The van der Waals surface area contributed by atoms with Gasteiger partial charge in [0.05, 0.1) is 18.2 Å². The number of nitrogens with zero attached hydrogens (tertiary/aromatic N) is 1. The van der Waals surface area contributed by atoms with Gasteiger partial charge in [-0.05, 0) is 18.9 Å². The number of amides is 1. The summed E-state index contributed by atoms with van der Waals surface area (Å²) in [7, 11) is 0. The Labute approximate surface area is 110 Å². The van der Waals surface area contributed by atoms with Crippen LogP contribution >= 0.6 is 11.3 Å². The number of thiazole rings is 1. The zero-order valence-corrected chi connectivity index (χ0v) is 10.9. The van der Waals surface area contributed by atoms with E-state index < -0.39 is 0 Å². The van der Waals surface area contributed by atoms with Crippen molar-refractivity contribution in [3.05, 3.63) is 16.6 Å². The van der Waals surface area contributed by atoms with Gasteiger partial charge in [0.1, 0.15) is 5.69 Å². The normalized spacial score (nSPS) is 31.0. The second kappa shape index (κ2) is 5.34. The summed E-state index contributed by atoms with van der Waals surface area (Å²) in [4.78, 5) is 15.8. The summed E-state index contributed by atoms with van der Waals surface area (Å²) >= 11 is 1.43. The molecule has 0 bridgehead atoms. The van der Waals surface area contributed by atoms with Gasteiger partial charge in [0.25, 0.3) is 5.91 Å². The number of hydrogen-bond donors (Lipinski definition) is 2. The van der Waals surface area contributed by atoms with Gasteiger partial charge in [-0.15, -0.1) is 11.3 Å². The molecule has 1 amide bonds. The molecule has 2 saturated heterocycles. The Balaban J connectivity index is 1.53. The van der Waals surface area contributed by atoms with E-state index >= 15 is 0 Å². The van der Waals surface area contributed by atoms with Gasteiger partial charge in [-0.25, -0.2) is 4.98 Å². The fraction of sp³-hybridized carbons (Fsp3) is 0.667. The Bertz CT molecular complexity index is 409. The quantitative estimate of drug-likeness (QED) is 0.837. The van der Waals surface area contributed by atoms with Crippen LogP contribution in [-0.2, 0) is 4.74 Å². The zero-order valence-electron chi connectivity index (χ0n) is 10.1. The third-order valence-electron chi connectivity index (χ3n) is 3.81. The minimum Gasteiger partial charge on any atom is -0.376 e. The molecule has 2 aliphatic rings. The maximum absolute atomic E-state index is 11.8. The average Bonchev–Trinajstić information content (AvgIpc) is 3.06. The summed E-state index contributed by atoms with van der Waals surface area (Å²) in [6, 6.07) is 0. The molecule has 6 heteroatoms. The van der Waals surface area contributed by atoms with Crippen molar-refractivity contribution in [2.45, 2.75) is 12.5 Å². The van der Waals surface area contributed by atoms with E-state index in [1.54, 1.807) is 10.9 Å². The molecule has 2 fully saturated rings. The molecule has 0 aromatic carbocycles. The molecular formula is C12H17N3O2S. The third kappa shape index (κ3) is 2.41. The van der Waals surface area contributed by atoms with E-state index in [0.717, 1.165) is 19.7 Å². The number of ether oxygens (including phenoxy) is 1. The second-order valence-corrected chi connectivity index (χ2v) is 5.59. The van der Waals surface area contributed by atoms with Crippen LogP contribution in [0.1, 0.15) is 16.9 Å². The van der Waals surface area contributed by atoms with Crippen LogP contribution in [0.3, 0.4) is 0 Å². The molecule has 0 spiro atoms. The van der Waals surface area contributed by atoms with Crippen LogP contribution in [0.4, 0.5) is 0 Å². The molecule has 0 aliphatic carbocycles. The van der Waals surface area contributed by atoms with Crippen molar-refractivity contribution in [2.24, 2.45) is 11.8 Å². The molecule has 1 aromatic rings. The standard InChI is InChI=1S/C12H17N3O2S/c16-12(10-6-18-7-15-10)14-4-11-9-3-13-2-1-8(9)5-17-11/h6-9,11,13H,1-5H2,(H,14,16)/t8-,9-,11+/m0/s1. The first-order valence-corrected chi connectivity index (χ1v) is 7.27. The Morgan fingerprint density at radius 1 is 1.67 bits per heavy atom. The maximum atomic E-state index is 11.8. The molecular weight excluding hydrogens is 250 g/mol. The summed E-state index contributed by atoms with van der Waals surface area (Å²) in [5.41, 5.74) is 2.17. The van der Waals surface area contributed by atoms with Gasteiger partial charge in [-0.3, -0.25) is 4.79 Å². The number of aromatic nitrogens is 1. The summed E-state index contributed by atoms with van der Waals surface area (Å²) in [6.45, 7) is 3.51. The third-order valence-corrected chi connectivity index (χ3v) is 4.39. The van der Waals surface area contributed by atoms with Crippen LogP contribution in [-0.4, -0.2) is 43.2 Å². The highest BCUT2D eigenvalue weighted by atomic mass is 32.1. The highest BCUT2D eigenvalue weighted by Crippen LogP contribution is 2.30. The first-order chi connectivity index (χ1) is 8.84. The maximum Gasteiger partial charge on any atom is 0.270 e. The van der Waals surface area contributed by atoms with Crippen molar-refractivity contribution in [1.82, 2.24) is 15.6 Å². The van der Waals surface area contributed by atoms with Gasteiger partial charge in [0.15, 0.2) is 0 Å². The lowest BCUT2D eigenvalue weighted by atomic mass is 9.85. The summed E-state index contributed by atoms with van der Waals surface area (Å²) in [5.74, 6) is 1.09. The monoisotopic (exact) mass is 267 g/mol. The van der Waals surface area contributed by atoms with Crippen molar-refractivity contribution >= 4 is 17.2 Å². The fourth-order valence-electron chi connectivity index (χ4n) is 2.77. The highest BCUT2D eigenvalue weighted by molar-refractivity contribution is 7.07. The number of carbonyl (C=O) groups excluding carboxylic acids is 1. The number of fused-ring (bicyclic) bond motifs is 1. The largest absolute Gasteiger partial charge is 0.376 e. The molecule has 3 atom stereocenters. The average molecular weight is 267 g/mol. The first kappa shape index (κ1) is 12.1. The summed E-state index contributed by atoms with van der Waals surface area (Å²) < 4.78 is 5.80. The number of hydrogen-bond acceptors (Lipinski definition) is 5. The van der Waals surface area contributed by atoms with Crippen molar-refractivity contribution in [2.75, 3.05) is 26.2 Å². The van der Waals surface area contributed by atoms with Gasteiger partial charge in [0, 0.05) is 24.4 Å². The van der Waals surface area contributed by atoms with E-state index in [4.69, 9.17) is 4.74 Å². The summed E-state index contributed by atoms with van der Waals surface area (Å²) in [6.07, 6.45) is 1.33. The predicted octanol–water partition coefficient (Wildman–Crippen LogP) is 0.497. The molecule has 1 aromatic heterocycles. The van der Waals surface area contributed by atoms with E-state index in [1.165, 1.54) is 17.8 Å². The Morgan fingerprint density at radius 3 is 3.44 bits per heavy atom. The van der Waals surface area contributed by atoms with Crippen molar-refractivity contribution in [3.8, 4) is 0 Å². The molecule has 0 unspecified atom stereocenters. The minimum atomic E-state index is -0.105. The van der Waals surface area contributed by atoms with Gasteiger partial charge in [-0.2, -0.15) is 0 Å². The molecule has 18 heavy (non-hydrogen) atoms. The van der Waals surface area contributed by atoms with Crippen molar-refractivity contribution < 1.29 is 9.53 Å². The van der Waals surface area contributed by atoms with Gasteiger partial charge in [-0.1, -0.05) is 0 Å². The van der Waals surface area contributed by atoms with E-state index in [9.17, 15) is 4.79 Å². The molecule has 2 N–H and O–H groups in total. The highest BCUT2D eigenvalue weighted by Gasteiger charge is 2.38. The molecule has 0 saturated carbocycles. The zero-order chi connectivity index (χ0) is 12.4. The van der Waals surface area contributed by atoms with Crippen LogP contribution in [0.5, 0.6) is 0 Å². The Kier molecular flexibility index (Phi) is 3.58. The predicted molar refractivity (Wildman–Crippen MR) is 68.7 cm³/mol. The second-order valence-electron chi connectivity index (χ2n) is 4.87. The van der Waals surface area contributed by atoms with Crippen LogP contribution in [0.25, 0.3) is 0 Å². The lowest BCUT2D eigenvalue weighted by Gasteiger charge is -2.27. The fourth-order valence-corrected chi connectivity index (χ4v) is 3.30. The number of nitrogens with one attached hydrogen (secondary N) is 2. The number of carbonyl (C=O) groups is 1. The number of rotatable bonds is 3. The molecule has 98 valence electrons. The topological polar surface area (TPSA) is 63.2 Å². The van der Waals surface area contributed by atoms with Crippen LogP contribution in [0, 0.1) is 11.8 Å². The van der Waals surface area contributed by atoms with E-state index in [-0.39, 0.29) is 12.0 Å². The first-order valence-electron chi connectivity index (χ1n) is 6.33. The van der Waals surface area contributed by atoms with Gasteiger partial charge in [0.2, 0.25) is 0 Å². The number of piperidine rings is 1.